The Balaban J connectivity index is 1.05. The van der Waals surface area contributed by atoms with Gasteiger partial charge in [-0.25, -0.2) is 0 Å². The molecule has 5 N–H and O–H groups in total. The Labute approximate surface area is 297 Å². The molecule has 7 rings (SSSR count). The van der Waals surface area contributed by atoms with Gasteiger partial charge in [-0.2, -0.15) is 0 Å². The fourth-order valence-electron chi connectivity index (χ4n) is 8.76. The summed E-state index contributed by atoms with van der Waals surface area (Å²) < 4.78 is 37.1. The Morgan fingerprint density at radius 3 is 2.27 bits per heavy atom. The highest BCUT2D eigenvalue weighted by Gasteiger charge is 2.55. The summed E-state index contributed by atoms with van der Waals surface area (Å²) in [6.07, 6.45) is -1.13. The molecule has 6 aliphatic rings. The molecule has 1 aromatic rings. The summed E-state index contributed by atoms with van der Waals surface area (Å²) in [7, 11) is 0. The van der Waals surface area contributed by atoms with Crippen molar-refractivity contribution in [3.05, 3.63) is 52.0 Å². The third-order valence-corrected chi connectivity index (χ3v) is 11.6. The molecule has 0 bridgehead atoms. The van der Waals surface area contributed by atoms with E-state index in [1.807, 2.05) is 13.8 Å². The van der Waals surface area contributed by atoms with Crippen molar-refractivity contribution in [1.82, 2.24) is 0 Å². The number of hydrogen-bond donors (Lipinski definition) is 5. The van der Waals surface area contributed by atoms with Gasteiger partial charge in [0.15, 0.2) is 30.4 Å². The molecule has 13 atom stereocenters. The number of phenolic OH excluding ortho intramolecular Hbond substituents is 1. The molecule has 13 heteroatoms. The van der Waals surface area contributed by atoms with Gasteiger partial charge in [-0.05, 0) is 58.9 Å². The Morgan fingerprint density at radius 2 is 1.57 bits per heavy atom. The first kappa shape index (κ1) is 36.5. The maximum absolute atomic E-state index is 13.7. The number of Topliss-reactive ketones (excluding diaryl/α,β-unsaturated/α-hetero) is 2. The second-order valence-electron chi connectivity index (χ2n) is 15.1. The number of rotatable bonds is 7. The summed E-state index contributed by atoms with van der Waals surface area (Å²) in [5.74, 6) is -5.47. The number of phenols is 1. The third-order valence-electron chi connectivity index (χ3n) is 11.6. The number of carbonyl (C=O) groups is 2. The molecule has 0 aromatic heterocycles. The highest BCUT2D eigenvalue weighted by atomic mass is 16.7. The van der Waals surface area contributed by atoms with Crippen molar-refractivity contribution in [1.29, 1.82) is 0 Å². The standard InChI is InChI=1S/C38H50O13/c1-5-38(45)15-21-30(36(44)32-31(34(21)42)33(41)20-9-7-10-22(39)29(20)35(32)43)25(16-38)50-28-14-23(40)37(19(4)48-28)51-27-13-12-24(18(3)47-27)49-26-11-6-8-17(2)46-26/h7,9-10,17-19,23-28,31-32,37,39-40,42,44-45H,5-6,8,11-16H2,1-4H3. The zero-order chi connectivity index (χ0) is 36.4. The minimum Gasteiger partial charge on any atom is -0.511 e. The Kier molecular flexibility index (Phi) is 10.1. The molecule has 51 heavy (non-hydrogen) atoms. The number of fused-ring (bicyclic) bond motifs is 3. The lowest BCUT2D eigenvalue weighted by atomic mass is 9.63. The smallest absolute Gasteiger partial charge is 0.179 e. The van der Waals surface area contributed by atoms with Crippen LogP contribution in [0.1, 0.15) is 106 Å². The lowest BCUT2D eigenvalue weighted by Crippen LogP contribution is -2.54. The molecule has 3 heterocycles. The average molecular weight is 715 g/mol. The minimum atomic E-state index is -1.48. The molecule has 0 amide bonds. The number of aliphatic hydroxyl groups excluding tert-OH is 3. The summed E-state index contributed by atoms with van der Waals surface area (Å²) in [5, 5.41) is 56.6. The van der Waals surface area contributed by atoms with Crippen molar-refractivity contribution in [2.75, 3.05) is 0 Å². The van der Waals surface area contributed by atoms with Gasteiger partial charge in [0.25, 0.3) is 0 Å². The highest BCUT2D eigenvalue weighted by Crippen LogP contribution is 2.52. The van der Waals surface area contributed by atoms with E-state index >= 15 is 0 Å². The van der Waals surface area contributed by atoms with E-state index in [4.69, 9.17) is 28.4 Å². The molecule has 3 saturated heterocycles. The van der Waals surface area contributed by atoms with Gasteiger partial charge in [-0.15, -0.1) is 0 Å². The number of ether oxygens (including phenoxy) is 6. The first-order valence-corrected chi connectivity index (χ1v) is 18.4. The van der Waals surface area contributed by atoms with Gasteiger partial charge in [0, 0.05) is 42.4 Å². The molecule has 0 spiro atoms. The van der Waals surface area contributed by atoms with E-state index in [1.165, 1.54) is 18.2 Å². The molecule has 0 radical (unpaired) electrons. The van der Waals surface area contributed by atoms with E-state index in [-0.39, 0.29) is 72.6 Å². The van der Waals surface area contributed by atoms with Crippen LogP contribution < -0.4 is 0 Å². The number of allylic oxidation sites excluding steroid dienone is 2. The van der Waals surface area contributed by atoms with Crippen molar-refractivity contribution in [3.63, 3.8) is 0 Å². The van der Waals surface area contributed by atoms with Crippen LogP contribution in [0.25, 0.3) is 0 Å². The Bertz CT molecular complexity index is 1570. The lowest BCUT2D eigenvalue weighted by molar-refractivity contribution is -0.317. The molecule has 280 valence electrons. The van der Waals surface area contributed by atoms with E-state index < -0.39 is 83.3 Å². The second-order valence-corrected chi connectivity index (χ2v) is 15.1. The third kappa shape index (κ3) is 6.76. The molecule has 13 nitrogen and oxygen atoms in total. The Morgan fingerprint density at radius 1 is 0.843 bits per heavy atom. The van der Waals surface area contributed by atoms with Crippen LogP contribution in [0.4, 0.5) is 0 Å². The molecular weight excluding hydrogens is 664 g/mol. The van der Waals surface area contributed by atoms with Crippen molar-refractivity contribution in [3.8, 4) is 5.75 Å². The normalized spacial score (nSPS) is 41.6. The summed E-state index contributed by atoms with van der Waals surface area (Å²) >= 11 is 0. The van der Waals surface area contributed by atoms with Gasteiger partial charge >= 0.3 is 0 Å². The number of hydrogen-bond acceptors (Lipinski definition) is 13. The predicted molar refractivity (Wildman–Crippen MR) is 179 cm³/mol. The molecule has 1 saturated carbocycles. The van der Waals surface area contributed by atoms with Crippen LogP contribution in [0.15, 0.2) is 40.9 Å². The number of carbonyl (C=O) groups excluding carboxylic acids is 2. The Hall–Kier alpha value is -2.88. The van der Waals surface area contributed by atoms with Crippen LogP contribution in [-0.2, 0) is 28.4 Å². The zero-order valence-corrected chi connectivity index (χ0v) is 29.5. The predicted octanol–water partition coefficient (Wildman–Crippen LogP) is 4.67. The molecule has 3 aliphatic carbocycles. The quantitative estimate of drug-likeness (QED) is 0.262. The number of aliphatic hydroxyl groups is 4. The van der Waals surface area contributed by atoms with Crippen molar-refractivity contribution in [2.45, 2.75) is 153 Å². The maximum atomic E-state index is 13.7. The van der Waals surface area contributed by atoms with E-state index in [9.17, 15) is 35.1 Å². The molecule has 4 fully saturated rings. The van der Waals surface area contributed by atoms with Crippen LogP contribution in [0.3, 0.4) is 0 Å². The summed E-state index contributed by atoms with van der Waals surface area (Å²) in [6.45, 7) is 7.52. The van der Waals surface area contributed by atoms with E-state index in [0.717, 1.165) is 19.3 Å². The van der Waals surface area contributed by atoms with E-state index in [0.29, 0.717) is 12.8 Å². The van der Waals surface area contributed by atoms with Crippen LogP contribution in [0.2, 0.25) is 0 Å². The molecule has 3 aliphatic heterocycles. The van der Waals surface area contributed by atoms with Gasteiger partial charge < -0.3 is 54.0 Å². The molecule has 13 unspecified atom stereocenters. The van der Waals surface area contributed by atoms with Crippen molar-refractivity contribution < 1.29 is 63.5 Å². The average Bonchev–Trinajstić information content (AvgIpc) is 3.08. The first-order valence-electron chi connectivity index (χ1n) is 18.4. The highest BCUT2D eigenvalue weighted by molar-refractivity contribution is 6.19. The number of benzene rings is 1. The molecular formula is C38H50O13. The summed E-state index contributed by atoms with van der Waals surface area (Å²) in [4.78, 5) is 27.3. The summed E-state index contributed by atoms with van der Waals surface area (Å²) in [5.41, 5.74) is -1.38. The minimum absolute atomic E-state index is 0.00680. The van der Waals surface area contributed by atoms with Crippen molar-refractivity contribution in [2.24, 2.45) is 11.8 Å². The topological polar surface area (TPSA) is 191 Å². The van der Waals surface area contributed by atoms with Gasteiger partial charge in [0.2, 0.25) is 0 Å². The van der Waals surface area contributed by atoms with Gasteiger partial charge in [0.05, 0.1) is 59.6 Å². The van der Waals surface area contributed by atoms with Gasteiger partial charge in [0.1, 0.15) is 23.4 Å². The summed E-state index contributed by atoms with van der Waals surface area (Å²) in [6, 6.07) is 4.13. The zero-order valence-electron chi connectivity index (χ0n) is 29.5. The van der Waals surface area contributed by atoms with Crippen LogP contribution in [0.5, 0.6) is 5.75 Å². The fourth-order valence-corrected chi connectivity index (χ4v) is 8.76. The van der Waals surface area contributed by atoms with Crippen LogP contribution in [0, 0.1) is 11.8 Å². The number of aromatic hydroxyl groups is 1. The lowest BCUT2D eigenvalue weighted by Gasteiger charge is -2.46. The monoisotopic (exact) mass is 714 g/mol. The maximum Gasteiger partial charge on any atom is 0.179 e. The van der Waals surface area contributed by atoms with Crippen molar-refractivity contribution >= 4 is 11.6 Å². The first-order chi connectivity index (χ1) is 24.3. The number of ketones is 2. The van der Waals surface area contributed by atoms with E-state index in [2.05, 4.69) is 0 Å². The van der Waals surface area contributed by atoms with Gasteiger partial charge in [-0.3, -0.25) is 9.59 Å². The van der Waals surface area contributed by atoms with Crippen LogP contribution >= 0.6 is 0 Å². The van der Waals surface area contributed by atoms with E-state index in [1.54, 1.807) is 13.8 Å². The van der Waals surface area contributed by atoms with Crippen LogP contribution in [-0.4, -0.2) is 104 Å². The fraction of sp³-hybridized carbons (Fsp3) is 0.684. The van der Waals surface area contributed by atoms with Gasteiger partial charge in [-0.1, -0.05) is 19.1 Å². The largest absolute Gasteiger partial charge is 0.511 e. The SMILES string of the molecule is CCC1(O)CC2=C(O)C3C(=O)c4cccc(O)c4C(=O)C3C(O)=C2C(OC2CC(O)C(OC3CCC(OC4CCCC(C)O4)C(C)O3)C(C)O2)C1. The second kappa shape index (κ2) is 14.2. The molecule has 1 aromatic carbocycles.